The molecule has 128 valence electrons. The summed E-state index contributed by atoms with van der Waals surface area (Å²) in [5, 5.41) is 7.89. The molecule has 2 heterocycles. The Labute approximate surface area is 143 Å². The summed E-state index contributed by atoms with van der Waals surface area (Å²) in [6.45, 7) is 6.31. The zero-order valence-corrected chi connectivity index (χ0v) is 14.7. The summed E-state index contributed by atoms with van der Waals surface area (Å²) in [5.41, 5.74) is 2.66. The number of carbonyl (C=O) groups excluding carboxylic acids is 1. The summed E-state index contributed by atoms with van der Waals surface area (Å²) in [4.78, 5) is 14.4. The molecule has 5 heteroatoms. The van der Waals surface area contributed by atoms with E-state index in [4.69, 9.17) is 0 Å². The SMILES string of the molecule is CC(C)c1ccc(N(C)C(=O)c2ccn(C3CCCNC3)n2)cc1. The van der Waals surface area contributed by atoms with Crippen molar-refractivity contribution in [3.63, 3.8) is 0 Å². The van der Waals surface area contributed by atoms with Gasteiger partial charge in [-0.2, -0.15) is 5.10 Å². The number of benzene rings is 1. The lowest BCUT2D eigenvalue weighted by atomic mass is 10.0. The Bertz CT molecular complexity index is 684. The number of hydrogen-bond acceptors (Lipinski definition) is 3. The first-order valence-corrected chi connectivity index (χ1v) is 8.70. The molecule has 0 spiro atoms. The van der Waals surface area contributed by atoms with Crippen molar-refractivity contribution in [1.82, 2.24) is 15.1 Å². The molecule has 1 aromatic carbocycles. The van der Waals surface area contributed by atoms with Crippen LogP contribution in [0.15, 0.2) is 36.5 Å². The second-order valence-electron chi connectivity index (χ2n) is 6.79. The molecule has 3 rings (SSSR count). The Morgan fingerprint density at radius 1 is 1.29 bits per heavy atom. The van der Waals surface area contributed by atoms with E-state index in [-0.39, 0.29) is 5.91 Å². The first-order chi connectivity index (χ1) is 11.6. The lowest BCUT2D eigenvalue weighted by Gasteiger charge is -2.23. The van der Waals surface area contributed by atoms with Crippen molar-refractivity contribution >= 4 is 11.6 Å². The van der Waals surface area contributed by atoms with E-state index in [1.807, 2.05) is 29.1 Å². The Morgan fingerprint density at radius 3 is 2.67 bits per heavy atom. The number of anilines is 1. The van der Waals surface area contributed by atoms with Crippen LogP contribution in [0.1, 0.15) is 54.7 Å². The quantitative estimate of drug-likeness (QED) is 0.938. The van der Waals surface area contributed by atoms with E-state index < -0.39 is 0 Å². The third-order valence-corrected chi connectivity index (χ3v) is 4.72. The number of piperidine rings is 1. The van der Waals surface area contributed by atoms with E-state index in [0.717, 1.165) is 31.6 Å². The van der Waals surface area contributed by atoms with Crippen molar-refractivity contribution in [2.45, 2.75) is 38.6 Å². The van der Waals surface area contributed by atoms with Gasteiger partial charge < -0.3 is 10.2 Å². The number of amides is 1. The Morgan fingerprint density at radius 2 is 2.04 bits per heavy atom. The second-order valence-corrected chi connectivity index (χ2v) is 6.79. The van der Waals surface area contributed by atoms with Crippen molar-refractivity contribution in [2.24, 2.45) is 0 Å². The van der Waals surface area contributed by atoms with Gasteiger partial charge in [-0.05, 0) is 49.1 Å². The second kappa shape index (κ2) is 7.18. The van der Waals surface area contributed by atoms with Crippen LogP contribution in [-0.2, 0) is 0 Å². The molecule has 0 aliphatic carbocycles. The molecule has 2 aromatic rings. The van der Waals surface area contributed by atoms with Crippen molar-refractivity contribution in [1.29, 1.82) is 0 Å². The van der Waals surface area contributed by atoms with Gasteiger partial charge in [-0.1, -0.05) is 26.0 Å². The van der Waals surface area contributed by atoms with Crippen LogP contribution >= 0.6 is 0 Å². The Kier molecular flexibility index (Phi) is 5.00. The summed E-state index contributed by atoms with van der Waals surface area (Å²) in [5.74, 6) is 0.412. The van der Waals surface area contributed by atoms with Crippen LogP contribution in [0.3, 0.4) is 0 Å². The van der Waals surface area contributed by atoms with E-state index in [9.17, 15) is 4.79 Å². The van der Waals surface area contributed by atoms with Gasteiger partial charge >= 0.3 is 0 Å². The van der Waals surface area contributed by atoms with Crippen molar-refractivity contribution in [2.75, 3.05) is 25.0 Å². The van der Waals surface area contributed by atoms with Gasteiger partial charge in [0.05, 0.1) is 6.04 Å². The van der Waals surface area contributed by atoms with Gasteiger partial charge in [-0.25, -0.2) is 0 Å². The molecular weight excluding hydrogens is 300 g/mol. The molecule has 1 aliphatic rings. The number of aromatic nitrogens is 2. The number of hydrogen-bond donors (Lipinski definition) is 1. The third-order valence-electron chi connectivity index (χ3n) is 4.72. The van der Waals surface area contributed by atoms with Gasteiger partial charge in [-0.15, -0.1) is 0 Å². The fraction of sp³-hybridized carbons (Fsp3) is 0.474. The number of rotatable bonds is 4. The van der Waals surface area contributed by atoms with Crippen LogP contribution in [-0.4, -0.2) is 35.8 Å². The van der Waals surface area contributed by atoms with Crippen molar-refractivity contribution in [3.05, 3.63) is 47.8 Å². The van der Waals surface area contributed by atoms with Crippen molar-refractivity contribution < 1.29 is 4.79 Å². The molecule has 1 unspecified atom stereocenters. The molecule has 1 aliphatic heterocycles. The first-order valence-electron chi connectivity index (χ1n) is 8.70. The minimum atomic E-state index is -0.0742. The minimum Gasteiger partial charge on any atom is -0.315 e. The average Bonchev–Trinajstić information content (AvgIpc) is 3.11. The van der Waals surface area contributed by atoms with Gasteiger partial charge in [0.1, 0.15) is 0 Å². The molecule has 1 fully saturated rings. The van der Waals surface area contributed by atoms with E-state index in [0.29, 0.717) is 17.7 Å². The lowest BCUT2D eigenvalue weighted by Crippen LogP contribution is -2.32. The molecule has 1 amide bonds. The molecule has 1 N–H and O–H groups in total. The molecule has 5 nitrogen and oxygen atoms in total. The van der Waals surface area contributed by atoms with E-state index in [1.165, 1.54) is 5.56 Å². The monoisotopic (exact) mass is 326 g/mol. The highest BCUT2D eigenvalue weighted by molar-refractivity contribution is 6.04. The van der Waals surface area contributed by atoms with Crippen LogP contribution in [0.5, 0.6) is 0 Å². The summed E-state index contributed by atoms with van der Waals surface area (Å²) in [6, 6.07) is 10.3. The molecule has 1 saturated heterocycles. The molecule has 1 atom stereocenters. The zero-order chi connectivity index (χ0) is 17.1. The summed E-state index contributed by atoms with van der Waals surface area (Å²) in [6.07, 6.45) is 4.17. The standard InChI is InChI=1S/C19H26N4O/c1-14(2)15-6-8-16(9-7-15)22(3)19(24)18-10-12-23(21-18)17-5-4-11-20-13-17/h6-10,12,14,17,20H,4-5,11,13H2,1-3H3. The molecular formula is C19H26N4O. The number of nitrogens with one attached hydrogen (secondary N) is 1. The first kappa shape index (κ1) is 16.7. The van der Waals surface area contributed by atoms with Crippen LogP contribution in [0, 0.1) is 0 Å². The predicted octanol–water partition coefficient (Wildman–Crippen LogP) is 3.21. The summed E-state index contributed by atoms with van der Waals surface area (Å²) < 4.78 is 1.93. The maximum atomic E-state index is 12.7. The topological polar surface area (TPSA) is 50.2 Å². The predicted molar refractivity (Wildman–Crippen MR) is 96.6 cm³/mol. The van der Waals surface area contributed by atoms with Gasteiger partial charge in [0.25, 0.3) is 5.91 Å². The van der Waals surface area contributed by atoms with Gasteiger partial charge in [0, 0.05) is 25.5 Å². The molecule has 0 saturated carbocycles. The normalized spacial score (nSPS) is 17.9. The van der Waals surface area contributed by atoms with Gasteiger partial charge in [0.2, 0.25) is 0 Å². The van der Waals surface area contributed by atoms with Gasteiger partial charge in [0.15, 0.2) is 5.69 Å². The van der Waals surface area contributed by atoms with Crippen LogP contribution in [0.4, 0.5) is 5.69 Å². The van der Waals surface area contributed by atoms with Crippen LogP contribution in [0.25, 0.3) is 0 Å². The van der Waals surface area contributed by atoms with E-state index in [1.54, 1.807) is 11.9 Å². The molecule has 0 bridgehead atoms. The summed E-state index contributed by atoms with van der Waals surface area (Å²) in [7, 11) is 1.80. The third kappa shape index (κ3) is 3.51. The lowest BCUT2D eigenvalue weighted by molar-refractivity contribution is 0.0987. The Balaban J connectivity index is 1.72. The Hall–Kier alpha value is -2.14. The largest absolute Gasteiger partial charge is 0.315 e. The molecule has 1 aromatic heterocycles. The fourth-order valence-corrected chi connectivity index (χ4v) is 3.09. The zero-order valence-electron chi connectivity index (χ0n) is 14.7. The van der Waals surface area contributed by atoms with Gasteiger partial charge in [-0.3, -0.25) is 9.48 Å². The molecule has 24 heavy (non-hydrogen) atoms. The smallest absolute Gasteiger partial charge is 0.278 e. The van der Waals surface area contributed by atoms with E-state index >= 15 is 0 Å². The highest BCUT2D eigenvalue weighted by Gasteiger charge is 2.20. The average molecular weight is 326 g/mol. The van der Waals surface area contributed by atoms with Crippen molar-refractivity contribution in [3.8, 4) is 0 Å². The highest BCUT2D eigenvalue weighted by atomic mass is 16.2. The van der Waals surface area contributed by atoms with Crippen LogP contribution < -0.4 is 10.2 Å². The maximum Gasteiger partial charge on any atom is 0.278 e. The fourth-order valence-electron chi connectivity index (χ4n) is 3.09. The highest BCUT2D eigenvalue weighted by Crippen LogP contribution is 2.21. The number of carbonyl (C=O) groups is 1. The van der Waals surface area contributed by atoms with E-state index in [2.05, 4.69) is 36.4 Å². The minimum absolute atomic E-state index is 0.0742. The maximum absolute atomic E-state index is 12.7. The van der Waals surface area contributed by atoms with Crippen LogP contribution in [0.2, 0.25) is 0 Å². The summed E-state index contributed by atoms with van der Waals surface area (Å²) >= 11 is 0. The number of nitrogens with zero attached hydrogens (tertiary/aromatic N) is 3. The molecule has 0 radical (unpaired) electrons.